The Kier molecular flexibility index (Phi) is 4.75. The van der Waals surface area contributed by atoms with Crippen LogP contribution in [0.4, 0.5) is 21.6 Å². The molecule has 1 aromatic carbocycles. The molecule has 11 heteroatoms. The molecule has 4 rings (SSSR count). The molecule has 10 nitrogen and oxygen atoms in total. The number of ether oxygens (including phenoxy) is 1. The molecule has 1 aliphatic rings. The first kappa shape index (κ1) is 17.6. The number of anilines is 3. The van der Waals surface area contributed by atoms with Gasteiger partial charge in [0.1, 0.15) is 11.6 Å². The lowest BCUT2D eigenvalue weighted by Gasteiger charge is -2.17. The van der Waals surface area contributed by atoms with Crippen LogP contribution < -0.4 is 20.7 Å². The standard InChI is InChI=1S/C21H22FN7O3/c1-23-21(31)18-15(8-17(27-28-18)26-20(30)11-4-5-11)25-16-7-13(22)6-14(19(16)32-3)12-9-24-29(2)10-12/h6-11H,4-5H2,1-3H3,(H,23,31)(H2,25,26,27,30)/i1D3. The predicted molar refractivity (Wildman–Crippen MR) is 115 cm³/mol. The van der Waals surface area contributed by atoms with E-state index in [9.17, 15) is 14.0 Å². The molecule has 0 radical (unpaired) electrons. The molecule has 2 aromatic heterocycles. The summed E-state index contributed by atoms with van der Waals surface area (Å²) in [5.74, 6) is -1.73. The lowest BCUT2D eigenvalue weighted by Crippen LogP contribution is -2.22. The molecule has 1 saturated carbocycles. The Labute approximate surface area is 187 Å². The van der Waals surface area contributed by atoms with E-state index < -0.39 is 18.7 Å². The highest BCUT2D eigenvalue weighted by Crippen LogP contribution is 2.39. The van der Waals surface area contributed by atoms with Gasteiger partial charge in [0.25, 0.3) is 5.91 Å². The normalized spacial score (nSPS) is 14.7. The van der Waals surface area contributed by atoms with Crippen LogP contribution in [0.5, 0.6) is 5.75 Å². The maximum absolute atomic E-state index is 14.6. The number of hydrogen-bond acceptors (Lipinski definition) is 7. The van der Waals surface area contributed by atoms with E-state index in [2.05, 4.69) is 25.9 Å². The number of carbonyl (C=O) groups is 2. The van der Waals surface area contributed by atoms with Crippen LogP contribution in [0, 0.1) is 11.7 Å². The second-order valence-electron chi connectivity index (χ2n) is 7.27. The molecule has 1 fully saturated rings. The fourth-order valence-corrected chi connectivity index (χ4v) is 3.17. The zero-order valence-corrected chi connectivity index (χ0v) is 17.3. The zero-order valence-electron chi connectivity index (χ0n) is 20.3. The largest absolute Gasteiger partial charge is 0.494 e. The van der Waals surface area contributed by atoms with Crippen molar-refractivity contribution in [3.8, 4) is 16.9 Å². The number of methoxy groups -OCH3 is 1. The minimum absolute atomic E-state index is 0.0196. The van der Waals surface area contributed by atoms with Crippen molar-refractivity contribution in [3.63, 3.8) is 0 Å². The molecule has 1 aliphatic carbocycles. The van der Waals surface area contributed by atoms with Gasteiger partial charge in [-0.1, -0.05) is 0 Å². The van der Waals surface area contributed by atoms with E-state index in [4.69, 9.17) is 8.85 Å². The van der Waals surface area contributed by atoms with Gasteiger partial charge >= 0.3 is 0 Å². The van der Waals surface area contributed by atoms with Gasteiger partial charge in [-0.05, 0) is 18.9 Å². The minimum Gasteiger partial charge on any atom is -0.494 e. The van der Waals surface area contributed by atoms with E-state index in [1.54, 1.807) is 17.9 Å². The Morgan fingerprint density at radius 3 is 2.72 bits per heavy atom. The van der Waals surface area contributed by atoms with Gasteiger partial charge in [-0.3, -0.25) is 14.3 Å². The van der Waals surface area contributed by atoms with Crippen molar-refractivity contribution in [2.75, 3.05) is 24.7 Å². The third-order valence-corrected chi connectivity index (χ3v) is 4.86. The van der Waals surface area contributed by atoms with Gasteiger partial charge in [-0.15, -0.1) is 10.2 Å². The first-order chi connectivity index (χ1) is 16.5. The van der Waals surface area contributed by atoms with Crippen molar-refractivity contribution < 1.29 is 22.8 Å². The molecule has 166 valence electrons. The number of amides is 2. The van der Waals surface area contributed by atoms with E-state index >= 15 is 0 Å². The maximum Gasteiger partial charge on any atom is 0.273 e. The Morgan fingerprint density at radius 2 is 2.06 bits per heavy atom. The minimum atomic E-state index is -2.78. The van der Waals surface area contributed by atoms with Crippen molar-refractivity contribution in [2.45, 2.75) is 12.8 Å². The second kappa shape index (κ2) is 8.61. The average molecular weight is 442 g/mol. The molecule has 0 atom stereocenters. The van der Waals surface area contributed by atoms with Crippen LogP contribution >= 0.6 is 0 Å². The number of aryl methyl sites for hydroxylation is 1. The number of rotatable bonds is 7. The van der Waals surface area contributed by atoms with Crippen LogP contribution in [-0.2, 0) is 11.8 Å². The summed E-state index contributed by atoms with van der Waals surface area (Å²) in [5, 5.41) is 19.1. The second-order valence-corrected chi connectivity index (χ2v) is 7.27. The van der Waals surface area contributed by atoms with Crippen molar-refractivity contribution in [2.24, 2.45) is 13.0 Å². The Balaban J connectivity index is 1.76. The molecule has 0 unspecified atom stereocenters. The molecule has 2 heterocycles. The van der Waals surface area contributed by atoms with Crippen LogP contribution in [0.3, 0.4) is 0 Å². The van der Waals surface area contributed by atoms with Gasteiger partial charge in [-0.2, -0.15) is 5.10 Å². The quantitative estimate of drug-likeness (QED) is 0.514. The van der Waals surface area contributed by atoms with Crippen LogP contribution in [0.15, 0.2) is 30.6 Å². The monoisotopic (exact) mass is 442 g/mol. The summed E-state index contributed by atoms with van der Waals surface area (Å²) in [6, 6.07) is 3.73. The summed E-state index contributed by atoms with van der Waals surface area (Å²) in [7, 11) is 3.11. The number of halogens is 1. The fraction of sp³-hybridized carbons (Fsp3) is 0.286. The number of nitrogens with one attached hydrogen (secondary N) is 3. The van der Waals surface area contributed by atoms with E-state index in [-0.39, 0.29) is 40.5 Å². The number of carbonyl (C=O) groups excluding carboxylic acids is 2. The van der Waals surface area contributed by atoms with Gasteiger partial charge in [0.2, 0.25) is 5.91 Å². The van der Waals surface area contributed by atoms with Crippen LogP contribution in [0.1, 0.15) is 27.4 Å². The highest BCUT2D eigenvalue weighted by molar-refractivity contribution is 6.00. The van der Waals surface area contributed by atoms with Crippen LogP contribution in [0.25, 0.3) is 11.1 Å². The molecule has 0 aliphatic heterocycles. The summed E-state index contributed by atoms with van der Waals surface area (Å²) in [6.07, 6.45) is 4.74. The Bertz CT molecular complexity index is 1290. The van der Waals surface area contributed by atoms with Crippen LogP contribution in [-0.4, -0.2) is 45.9 Å². The average Bonchev–Trinajstić information content (AvgIpc) is 3.53. The lowest BCUT2D eigenvalue weighted by atomic mass is 10.1. The van der Waals surface area contributed by atoms with Gasteiger partial charge in [-0.25, -0.2) is 4.39 Å². The summed E-state index contributed by atoms with van der Waals surface area (Å²) >= 11 is 0. The number of benzene rings is 1. The number of hydrogen-bond donors (Lipinski definition) is 3. The Hall–Kier alpha value is -4.02. The molecular weight excluding hydrogens is 417 g/mol. The summed E-state index contributed by atoms with van der Waals surface area (Å²) in [4.78, 5) is 24.8. The topological polar surface area (TPSA) is 123 Å². The van der Waals surface area contributed by atoms with Crippen molar-refractivity contribution in [1.82, 2.24) is 25.3 Å². The number of nitrogens with zero attached hydrogens (tertiary/aromatic N) is 4. The van der Waals surface area contributed by atoms with Gasteiger partial charge in [0.15, 0.2) is 11.5 Å². The van der Waals surface area contributed by atoms with Crippen molar-refractivity contribution >= 4 is 29.0 Å². The highest BCUT2D eigenvalue weighted by Gasteiger charge is 2.30. The molecular formula is C21H22FN7O3. The molecule has 0 bridgehead atoms. The lowest BCUT2D eigenvalue weighted by molar-refractivity contribution is -0.117. The summed E-state index contributed by atoms with van der Waals surface area (Å²) in [6.45, 7) is -2.78. The summed E-state index contributed by atoms with van der Waals surface area (Å²) < 4.78 is 43.6. The molecule has 0 spiro atoms. The van der Waals surface area contributed by atoms with E-state index in [1.807, 2.05) is 5.32 Å². The summed E-state index contributed by atoms with van der Waals surface area (Å²) in [5.41, 5.74) is 0.703. The highest BCUT2D eigenvalue weighted by atomic mass is 19.1. The van der Waals surface area contributed by atoms with Crippen molar-refractivity contribution in [1.29, 1.82) is 0 Å². The smallest absolute Gasteiger partial charge is 0.273 e. The maximum atomic E-state index is 14.6. The van der Waals surface area contributed by atoms with Gasteiger partial charge in [0, 0.05) is 53.5 Å². The number of aromatic nitrogens is 4. The molecule has 0 saturated heterocycles. The van der Waals surface area contributed by atoms with Crippen molar-refractivity contribution in [3.05, 3.63) is 42.1 Å². The SMILES string of the molecule is [2H]C([2H])([2H])NC(=O)c1nnc(NC(=O)C2CC2)cc1Nc1cc(F)cc(-c2cnn(C)c2)c1OC. The van der Waals surface area contributed by atoms with E-state index in [0.717, 1.165) is 18.9 Å². The van der Waals surface area contributed by atoms with E-state index in [0.29, 0.717) is 11.1 Å². The third-order valence-electron chi connectivity index (χ3n) is 4.86. The predicted octanol–water partition coefficient (Wildman–Crippen LogP) is 2.48. The molecule has 32 heavy (non-hydrogen) atoms. The first-order valence-corrected chi connectivity index (χ1v) is 9.69. The van der Waals surface area contributed by atoms with Gasteiger partial charge in [0.05, 0.1) is 24.7 Å². The van der Waals surface area contributed by atoms with Crippen LogP contribution in [0.2, 0.25) is 0 Å². The molecule has 2 amide bonds. The fourth-order valence-electron chi connectivity index (χ4n) is 3.17. The van der Waals surface area contributed by atoms with Gasteiger partial charge < -0.3 is 20.7 Å². The zero-order chi connectivity index (χ0) is 25.3. The third kappa shape index (κ3) is 4.36. The molecule has 3 aromatic rings. The first-order valence-electron chi connectivity index (χ1n) is 11.2. The Morgan fingerprint density at radius 1 is 1.25 bits per heavy atom. The molecule has 3 N–H and O–H groups in total. The van der Waals surface area contributed by atoms with E-state index in [1.165, 1.54) is 25.4 Å².